The molecule has 2 heteroatoms. The molecule has 0 bridgehead atoms. The molecule has 14 heavy (non-hydrogen) atoms. The van der Waals surface area contributed by atoms with Crippen molar-refractivity contribution in [2.24, 2.45) is 0 Å². The van der Waals surface area contributed by atoms with Gasteiger partial charge in [0.25, 0.3) is 0 Å². The third kappa shape index (κ3) is 1.41. The molecule has 0 radical (unpaired) electrons. The first kappa shape index (κ1) is 9.25. The second-order valence-corrected chi connectivity index (χ2v) is 4.84. The maximum Gasteiger partial charge on any atom is 0.137 e. The zero-order valence-electron chi connectivity index (χ0n) is 9.18. The number of H-pyrrole nitrogens is 1. The van der Waals surface area contributed by atoms with Gasteiger partial charge in [-0.3, -0.25) is 0 Å². The van der Waals surface area contributed by atoms with Crippen LogP contribution in [-0.4, -0.2) is 9.97 Å². The second-order valence-electron chi connectivity index (χ2n) is 4.84. The van der Waals surface area contributed by atoms with Gasteiger partial charge in [0, 0.05) is 17.8 Å². The van der Waals surface area contributed by atoms with Crippen LogP contribution in [0, 0.1) is 6.92 Å². The number of fused-ring (bicyclic) bond motifs is 1. The van der Waals surface area contributed by atoms with Crippen LogP contribution in [0.15, 0.2) is 18.5 Å². The molecule has 1 N–H and O–H groups in total. The first-order chi connectivity index (χ1) is 6.48. The summed E-state index contributed by atoms with van der Waals surface area (Å²) in [4.78, 5) is 7.57. The molecule has 2 heterocycles. The van der Waals surface area contributed by atoms with Crippen molar-refractivity contribution in [3.63, 3.8) is 0 Å². The van der Waals surface area contributed by atoms with Gasteiger partial charge >= 0.3 is 0 Å². The molecule has 2 aromatic heterocycles. The van der Waals surface area contributed by atoms with Crippen LogP contribution in [-0.2, 0) is 5.41 Å². The average Bonchev–Trinajstić information content (AvgIpc) is 2.46. The highest BCUT2D eigenvalue weighted by Crippen LogP contribution is 2.25. The van der Waals surface area contributed by atoms with Crippen molar-refractivity contribution in [3.05, 3.63) is 29.6 Å². The molecule has 74 valence electrons. The topological polar surface area (TPSA) is 28.7 Å². The van der Waals surface area contributed by atoms with Crippen LogP contribution in [0.2, 0.25) is 0 Å². The van der Waals surface area contributed by atoms with Crippen LogP contribution in [0.5, 0.6) is 0 Å². The predicted octanol–water partition coefficient (Wildman–Crippen LogP) is 3.17. The molecule has 0 atom stereocenters. The van der Waals surface area contributed by atoms with Crippen LogP contribution in [0.1, 0.15) is 31.9 Å². The molecule has 0 saturated heterocycles. The molecule has 0 aliphatic rings. The first-order valence-electron chi connectivity index (χ1n) is 4.93. The van der Waals surface area contributed by atoms with Crippen LogP contribution in [0.25, 0.3) is 11.0 Å². The van der Waals surface area contributed by atoms with E-state index >= 15 is 0 Å². The highest BCUT2D eigenvalue weighted by Gasteiger charge is 2.15. The lowest BCUT2D eigenvalue weighted by atomic mass is 9.88. The summed E-state index contributed by atoms with van der Waals surface area (Å²) in [6, 6.07) is 2.23. The maximum absolute atomic E-state index is 4.41. The first-order valence-corrected chi connectivity index (χ1v) is 4.93. The van der Waals surface area contributed by atoms with Gasteiger partial charge in [-0.05, 0) is 29.5 Å². The molecule has 0 aromatic carbocycles. The van der Waals surface area contributed by atoms with Crippen LogP contribution < -0.4 is 0 Å². The fourth-order valence-corrected chi connectivity index (χ4v) is 1.54. The van der Waals surface area contributed by atoms with Gasteiger partial charge in [-0.25, -0.2) is 4.98 Å². The quantitative estimate of drug-likeness (QED) is 0.676. The molecular formula is C12H16N2. The van der Waals surface area contributed by atoms with Gasteiger partial charge < -0.3 is 4.98 Å². The summed E-state index contributed by atoms with van der Waals surface area (Å²) in [7, 11) is 0. The van der Waals surface area contributed by atoms with Crippen molar-refractivity contribution < 1.29 is 0 Å². The summed E-state index contributed by atoms with van der Waals surface area (Å²) >= 11 is 0. The van der Waals surface area contributed by atoms with E-state index in [9.17, 15) is 0 Å². The van der Waals surface area contributed by atoms with Gasteiger partial charge in [0.15, 0.2) is 0 Å². The highest BCUT2D eigenvalue weighted by atomic mass is 14.8. The Labute approximate surface area is 84.4 Å². The lowest BCUT2D eigenvalue weighted by Crippen LogP contribution is -2.11. The molecule has 2 aromatic rings. The van der Waals surface area contributed by atoms with Crippen LogP contribution in [0.4, 0.5) is 0 Å². The largest absolute Gasteiger partial charge is 0.346 e. The molecule has 0 aliphatic carbocycles. The summed E-state index contributed by atoms with van der Waals surface area (Å²) in [6.07, 6.45) is 3.96. The van der Waals surface area contributed by atoms with E-state index in [1.807, 2.05) is 12.4 Å². The summed E-state index contributed by atoms with van der Waals surface area (Å²) in [5, 5.41) is 1.23. The summed E-state index contributed by atoms with van der Waals surface area (Å²) < 4.78 is 0. The zero-order valence-corrected chi connectivity index (χ0v) is 9.18. The van der Waals surface area contributed by atoms with E-state index < -0.39 is 0 Å². The Morgan fingerprint density at radius 3 is 2.64 bits per heavy atom. The minimum atomic E-state index is 0.172. The number of aryl methyl sites for hydroxylation is 1. The normalized spacial score (nSPS) is 12.3. The molecule has 0 spiro atoms. The lowest BCUT2D eigenvalue weighted by Gasteiger charge is -2.18. The monoisotopic (exact) mass is 188 g/mol. The summed E-state index contributed by atoms with van der Waals surface area (Å²) in [5.41, 5.74) is 3.70. The Morgan fingerprint density at radius 2 is 2.00 bits per heavy atom. The molecule has 2 nitrogen and oxygen atoms in total. The van der Waals surface area contributed by atoms with E-state index in [1.54, 1.807) is 0 Å². The van der Waals surface area contributed by atoms with E-state index in [0.717, 1.165) is 5.65 Å². The number of nitrogens with zero attached hydrogens (tertiary/aromatic N) is 1. The van der Waals surface area contributed by atoms with E-state index in [4.69, 9.17) is 0 Å². The minimum Gasteiger partial charge on any atom is -0.346 e. The molecule has 0 unspecified atom stereocenters. The fourth-order valence-electron chi connectivity index (χ4n) is 1.54. The van der Waals surface area contributed by atoms with Gasteiger partial charge in [0.1, 0.15) is 5.65 Å². The van der Waals surface area contributed by atoms with Crippen LogP contribution in [0.3, 0.4) is 0 Å². The lowest BCUT2D eigenvalue weighted by molar-refractivity contribution is 0.588. The number of hydrogen-bond acceptors (Lipinski definition) is 1. The Morgan fingerprint density at radius 1 is 1.29 bits per heavy atom. The van der Waals surface area contributed by atoms with Gasteiger partial charge in [0.05, 0.1) is 0 Å². The van der Waals surface area contributed by atoms with Crippen molar-refractivity contribution in [1.29, 1.82) is 0 Å². The average molecular weight is 188 g/mol. The van der Waals surface area contributed by atoms with Crippen molar-refractivity contribution in [2.75, 3.05) is 0 Å². The fraction of sp³-hybridized carbons (Fsp3) is 0.417. The molecule has 2 rings (SSSR count). The minimum absolute atomic E-state index is 0.172. The number of aromatic amines is 1. The van der Waals surface area contributed by atoms with Gasteiger partial charge in [-0.1, -0.05) is 20.8 Å². The molecule has 0 amide bonds. The van der Waals surface area contributed by atoms with Crippen molar-refractivity contribution in [1.82, 2.24) is 9.97 Å². The van der Waals surface area contributed by atoms with Crippen molar-refractivity contribution in [3.8, 4) is 0 Å². The molecule has 0 fully saturated rings. The number of rotatable bonds is 0. The summed E-state index contributed by atoms with van der Waals surface area (Å²) in [6.45, 7) is 8.72. The van der Waals surface area contributed by atoms with Crippen LogP contribution >= 0.6 is 0 Å². The van der Waals surface area contributed by atoms with Gasteiger partial charge in [0.2, 0.25) is 0 Å². The molecule has 0 aliphatic heterocycles. The van der Waals surface area contributed by atoms with E-state index in [-0.39, 0.29) is 5.41 Å². The predicted molar refractivity (Wildman–Crippen MR) is 59.5 cm³/mol. The van der Waals surface area contributed by atoms with E-state index in [2.05, 4.69) is 43.7 Å². The van der Waals surface area contributed by atoms with E-state index in [1.165, 1.54) is 16.5 Å². The Bertz CT molecular complexity index is 461. The SMILES string of the molecule is Cc1c[nH]c2ncc(C(C)(C)C)cc12. The summed E-state index contributed by atoms with van der Waals surface area (Å²) in [5.74, 6) is 0. The number of hydrogen-bond donors (Lipinski definition) is 1. The Hall–Kier alpha value is -1.31. The third-order valence-corrected chi connectivity index (χ3v) is 2.60. The maximum atomic E-state index is 4.41. The van der Waals surface area contributed by atoms with Gasteiger partial charge in [-0.15, -0.1) is 0 Å². The van der Waals surface area contributed by atoms with Crippen molar-refractivity contribution in [2.45, 2.75) is 33.1 Å². The second kappa shape index (κ2) is 2.84. The Balaban J connectivity index is 2.66. The zero-order chi connectivity index (χ0) is 10.3. The Kier molecular flexibility index (Phi) is 1.88. The number of aromatic nitrogens is 2. The standard InChI is InChI=1S/C12H16N2/c1-8-6-13-11-10(8)5-9(7-14-11)12(2,3)4/h5-7H,1-4H3,(H,13,14). The van der Waals surface area contributed by atoms with Crippen molar-refractivity contribution >= 4 is 11.0 Å². The third-order valence-electron chi connectivity index (χ3n) is 2.60. The highest BCUT2D eigenvalue weighted by molar-refractivity contribution is 5.80. The number of nitrogens with one attached hydrogen (secondary N) is 1. The van der Waals surface area contributed by atoms with E-state index in [0.29, 0.717) is 0 Å². The van der Waals surface area contributed by atoms with Gasteiger partial charge in [-0.2, -0.15) is 0 Å². The molecule has 0 saturated carbocycles. The number of pyridine rings is 1. The molecular weight excluding hydrogens is 172 g/mol. The smallest absolute Gasteiger partial charge is 0.137 e.